The first-order chi connectivity index (χ1) is 8.24. The number of hydrogen-bond donors (Lipinski definition) is 2. The first-order valence-corrected chi connectivity index (χ1v) is 6.70. The summed E-state index contributed by atoms with van der Waals surface area (Å²) in [7, 11) is 0. The monoisotopic (exact) mass is 236 g/mol. The second-order valence-electron chi connectivity index (χ2n) is 5.29. The van der Waals surface area contributed by atoms with E-state index >= 15 is 0 Å². The lowest BCUT2D eigenvalue weighted by Gasteiger charge is -2.22. The molecule has 0 radical (unpaired) electrons. The van der Waals surface area contributed by atoms with Crippen LogP contribution in [0.2, 0.25) is 0 Å². The quantitative estimate of drug-likeness (QED) is 0.604. The van der Waals surface area contributed by atoms with Crippen LogP contribution in [0.5, 0.6) is 0 Å². The summed E-state index contributed by atoms with van der Waals surface area (Å²) in [5, 5.41) is 0. The zero-order valence-corrected chi connectivity index (χ0v) is 10.9. The van der Waals surface area contributed by atoms with Crippen molar-refractivity contribution in [1.82, 2.24) is 15.0 Å². The molecule has 3 N–H and O–H groups in total. The van der Waals surface area contributed by atoms with Gasteiger partial charge >= 0.3 is 0 Å². The van der Waals surface area contributed by atoms with Crippen LogP contribution in [0, 0.1) is 11.8 Å². The molecule has 0 bridgehead atoms. The Morgan fingerprint density at radius 3 is 3.00 bits per heavy atom. The molecule has 4 heteroatoms. The molecule has 1 fully saturated rings. The van der Waals surface area contributed by atoms with Crippen molar-refractivity contribution in [2.75, 3.05) is 0 Å². The van der Waals surface area contributed by atoms with Crippen LogP contribution in [-0.4, -0.2) is 15.6 Å². The van der Waals surface area contributed by atoms with Gasteiger partial charge in [-0.3, -0.25) is 11.3 Å². The normalized spacial score (nSPS) is 26.3. The highest BCUT2D eigenvalue weighted by Gasteiger charge is 2.28. The Labute approximate surface area is 104 Å². The second-order valence-corrected chi connectivity index (χ2v) is 5.29. The van der Waals surface area contributed by atoms with Crippen molar-refractivity contribution in [2.24, 2.45) is 17.7 Å². The lowest BCUT2D eigenvalue weighted by atomic mass is 9.94. The van der Waals surface area contributed by atoms with Crippen molar-refractivity contribution in [3.8, 4) is 0 Å². The third kappa shape index (κ3) is 2.87. The SMILES string of the molecule is CCn1ccnc1CC(NN)C1CCC(C)C1. The molecule has 0 amide bonds. The van der Waals surface area contributed by atoms with Crippen LogP contribution in [0.25, 0.3) is 0 Å². The third-order valence-electron chi connectivity index (χ3n) is 4.06. The fourth-order valence-corrected chi connectivity index (χ4v) is 2.99. The van der Waals surface area contributed by atoms with Crippen molar-refractivity contribution in [1.29, 1.82) is 0 Å². The number of nitrogens with zero attached hydrogens (tertiary/aromatic N) is 2. The summed E-state index contributed by atoms with van der Waals surface area (Å²) in [5.41, 5.74) is 3.00. The van der Waals surface area contributed by atoms with Gasteiger partial charge in [-0.15, -0.1) is 0 Å². The lowest BCUT2D eigenvalue weighted by molar-refractivity contribution is 0.345. The average Bonchev–Trinajstić information content (AvgIpc) is 2.94. The fourth-order valence-electron chi connectivity index (χ4n) is 2.99. The van der Waals surface area contributed by atoms with Gasteiger partial charge in [0.2, 0.25) is 0 Å². The number of aryl methyl sites for hydroxylation is 1. The highest BCUT2D eigenvalue weighted by Crippen LogP contribution is 2.33. The van der Waals surface area contributed by atoms with Gasteiger partial charge in [-0.05, 0) is 31.6 Å². The standard InChI is InChI=1S/C13H24N4/c1-3-17-7-6-15-13(17)9-12(16-14)11-5-4-10(2)8-11/h6-7,10-12,16H,3-5,8-9,14H2,1-2H3. The summed E-state index contributed by atoms with van der Waals surface area (Å²) in [6.07, 6.45) is 8.79. The maximum atomic E-state index is 5.72. The van der Waals surface area contributed by atoms with Gasteiger partial charge in [-0.25, -0.2) is 4.98 Å². The Morgan fingerprint density at radius 1 is 1.59 bits per heavy atom. The summed E-state index contributed by atoms with van der Waals surface area (Å²) in [6.45, 7) is 5.46. The van der Waals surface area contributed by atoms with E-state index in [4.69, 9.17) is 5.84 Å². The number of hydrazine groups is 1. The van der Waals surface area contributed by atoms with Crippen LogP contribution in [0.3, 0.4) is 0 Å². The molecule has 1 aliphatic rings. The van der Waals surface area contributed by atoms with Crippen molar-refractivity contribution in [3.63, 3.8) is 0 Å². The molecule has 2 rings (SSSR count). The highest BCUT2D eigenvalue weighted by atomic mass is 15.2. The number of hydrogen-bond acceptors (Lipinski definition) is 3. The number of nitrogens with one attached hydrogen (secondary N) is 1. The minimum absolute atomic E-state index is 0.368. The van der Waals surface area contributed by atoms with Gasteiger partial charge in [-0.1, -0.05) is 13.3 Å². The van der Waals surface area contributed by atoms with Gasteiger partial charge in [0.05, 0.1) is 0 Å². The Bertz CT molecular complexity index is 347. The molecule has 1 aliphatic carbocycles. The average molecular weight is 236 g/mol. The topological polar surface area (TPSA) is 55.9 Å². The van der Waals surface area contributed by atoms with Gasteiger partial charge in [0.15, 0.2) is 0 Å². The zero-order chi connectivity index (χ0) is 12.3. The molecule has 0 saturated heterocycles. The van der Waals surface area contributed by atoms with Crippen molar-refractivity contribution < 1.29 is 0 Å². The molecule has 0 aromatic carbocycles. The van der Waals surface area contributed by atoms with E-state index in [1.807, 2.05) is 12.4 Å². The van der Waals surface area contributed by atoms with Gasteiger partial charge < -0.3 is 4.57 Å². The second kappa shape index (κ2) is 5.65. The first kappa shape index (κ1) is 12.6. The molecule has 1 heterocycles. The van der Waals surface area contributed by atoms with Crippen molar-refractivity contribution in [3.05, 3.63) is 18.2 Å². The highest BCUT2D eigenvalue weighted by molar-refractivity contribution is 4.97. The Kier molecular flexibility index (Phi) is 4.18. The van der Waals surface area contributed by atoms with Crippen LogP contribution >= 0.6 is 0 Å². The molecular weight excluding hydrogens is 212 g/mol. The van der Waals surface area contributed by atoms with Crippen molar-refractivity contribution in [2.45, 2.75) is 52.1 Å². The van der Waals surface area contributed by atoms with Crippen molar-refractivity contribution >= 4 is 0 Å². The van der Waals surface area contributed by atoms with E-state index in [0.717, 1.165) is 24.7 Å². The van der Waals surface area contributed by atoms with Gasteiger partial charge in [-0.2, -0.15) is 0 Å². The minimum atomic E-state index is 0.368. The maximum Gasteiger partial charge on any atom is 0.110 e. The fraction of sp³-hybridized carbons (Fsp3) is 0.769. The number of imidazole rings is 1. The van der Waals surface area contributed by atoms with Crippen LogP contribution in [0.4, 0.5) is 0 Å². The van der Waals surface area contributed by atoms with Gasteiger partial charge in [0.25, 0.3) is 0 Å². The van der Waals surface area contributed by atoms with E-state index in [2.05, 4.69) is 28.8 Å². The largest absolute Gasteiger partial charge is 0.335 e. The molecule has 17 heavy (non-hydrogen) atoms. The predicted molar refractivity (Wildman–Crippen MR) is 69.2 cm³/mol. The Hall–Kier alpha value is -0.870. The summed E-state index contributed by atoms with van der Waals surface area (Å²) in [6, 6.07) is 0.368. The summed E-state index contributed by atoms with van der Waals surface area (Å²) < 4.78 is 2.20. The Balaban J connectivity index is 2.00. The van der Waals surface area contributed by atoms with E-state index in [1.165, 1.54) is 19.3 Å². The molecule has 3 unspecified atom stereocenters. The molecule has 4 nitrogen and oxygen atoms in total. The molecule has 0 spiro atoms. The summed E-state index contributed by atoms with van der Waals surface area (Å²) in [4.78, 5) is 4.43. The smallest absolute Gasteiger partial charge is 0.110 e. The van der Waals surface area contributed by atoms with E-state index in [-0.39, 0.29) is 0 Å². The summed E-state index contributed by atoms with van der Waals surface area (Å²) >= 11 is 0. The van der Waals surface area contributed by atoms with E-state index in [0.29, 0.717) is 12.0 Å². The lowest BCUT2D eigenvalue weighted by Crippen LogP contribution is -2.42. The molecular formula is C13H24N4. The number of aromatic nitrogens is 2. The molecule has 3 atom stereocenters. The molecule has 1 saturated carbocycles. The molecule has 0 aliphatic heterocycles. The Morgan fingerprint density at radius 2 is 2.41 bits per heavy atom. The van der Waals surface area contributed by atoms with Gasteiger partial charge in [0, 0.05) is 31.4 Å². The van der Waals surface area contributed by atoms with E-state index in [9.17, 15) is 0 Å². The van der Waals surface area contributed by atoms with E-state index in [1.54, 1.807) is 0 Å². The summed E-state index contributed by atoms with van der Waals surface area (Å²) in [5.74, 6) is 8.42. The third-order valence-corrected chi connectivity index (χ3v) is 4.06. The zero-order valence-electron chi connectivity index (χ0n) is 10.9. The predicted octanol–water partition coefficient (Wildman–Crippen LogP) is 1.71. The number of rotatable bonds is 5. The van der Waals surface area contributed by atoms with Crippen LogP contribution in [-0.2, 0) is 13.0 Å². The molecule has 96 valence electrons. The minimum Gasteiger partial charge on any atom is -0.335 e. The van der Waals surface area contributed by atoms with Crippen LogP contribution in [0.15, 0.2) is 12.4 Å². The molecule has 1 aromatic rings. The van der Waals surface area contributed by atoms with Gasteiger partial charge in [0.1, 0.15) is 5.82 Å². The number of nitrogens with two attached hydrogens (primary N) is 1. The van der Waals surface area contributed by atoms with E-state index < -0.39 is 0 Å². The first-order valence-electron chi connectivity index (χ1n) is 6.70. The maximum absolute atomic E-state index is 5.72. The van der Waals surface area contributed by atoms with Crippen LogP contribution in [0.1, 0.15) is 38.9 Å². The van der Waals surface area contributed by atoms with Crippen LogP contribution < -0.4 is 11.3 Å². The molecule has 1 aromatic heterocycles.